The fourth-order valence-corrected chi connectivity index (χ4v) is 9.14. The highest BCUT2D eigenvalue weighted by Gasteiger charge is 2.54. The van der Waals surface area contributed by atoms with E-state index in [0.29, 0.717) is 89.0 Å². The van der Waals surface area contributed by atoms with Crippen molar-refractivity contribution in [2.24, 2.45) is 0 Å². The maximum atomic E-state index is 14.9. The summed E-state index contributed by atoms with van der Waals surface area (Å²) in [5.41, 5.74) is 7.55. The summed E-state index contributed by atoms with van der Waals surface area (Å²) in [5, 5.41) is 27.0. The van der Waals surface area contributed by atoms with Crippen LogP contribution in [0.5, 0.6) is 0 Å². The van der Waals surface area contributed by atoms with Crippen molar-refractivity contribution in [3.05, 3.63) is 249 Å². The summed E-state index contributed by atoms with van der Waals surface area (Å²) in [4.78, 5) is 14.9. The lowest BCUT2D eigenvalue weighted by Gasteiger charge is -2.26. The summed E-state index contributed by atoms with van der Waals surface area (Å²) in [6.07, 6.45) is 0. The Morgan fingerprint density at radius 3 is 1.16 bits per heavy atom. The summed E-state index contributed by atoms with van der Waals surface area (Å²) in [7, 11) is 0. The number of hydrogen-bond donors (Lipinski definition) is 2. The predicted octanol–water partition coefficient (Wildman–Crippen LogP) is 10.2. The summed E-state index contributed by atoms with van der Waals surface area (Å²) in [5.74, 6) is 26.2. The van der Waals surface area contributed by atoms with Crippen molar-refractivity contribution in [2.75, 3.05) is 0 Å². The van der Waals surface area contributed by atoms with Crippen LogP contribution in [0.3, 0.4) is 0 Å². The molecule has 3 aliphatic carbocycles. The summed E-state index contributed by atoms with van der Waals surface area (Å²) < 4.78 is 0. The van der Waals surface area contributed by atoms with Crippen molar-refractivity contribution in [3.63, 3.8) is 0 Å². The molecular formula is C59H32O3. The summed E-state index contributed by atoms with van der Waals surface area (Å²) in [6.45, 7) is 0. The zero-order chi connectivity index (χ0) is 41.8. The van der Waals surface area contributed by atoms with E-state index in [2.05, 4.69) is 47.4 Å². The van der Waals surface area contributed by atoms with Gasteiger partial charge in [0.2, 0.25) is 0 Å². The normalized spacial score (nSPS) is 16.5. The van der Waals surface area contributed by atoms with Gasteiger partial charge in [0.15, 0.2) is 17.0 Å². The third-order valence-electron chi connectivity index (χ3n) is 11.9. The van der Waals surface area contributed by atoms with Crippen LogP contribution in [-0.2, 0) is 11.2 Å². The van der Waals surface area contributed by atoms with Crippen LogP contribution in [-0.4, -0.2) is 16.0 Å². The minimum absolute atomic E-state index is 0.184. The van der Waals surface area contributed by atoms with Crippen LogP contribution >= 0.6 is 0 Å². The van der Waals surface area contributed by atoms with Crippen LogP contribution in [0.2, 0.25) is 0 Å². The Morgan fingerprint density at radius 1 is 0.323 bits per heavy atom. The molecule has 3 heteroatoms. The lowest BCUT2D eigenvalue weighted by molar-refractivity contribution is 0.104. The Balaban J connectivity index is 1.18. The molecule has 2 unspecified atom stereocenters. The number of hydrogen-bond acceptors (Lipinski definition) is 3. The Morgan fingerprint density at radius 2 is 0.677 bits per heavy atom. The highest BCUT2D eigenvalue weighted by Crippen LogP contribution is 2.63. The number of ketones is 1. The topological polar surface area (TPSA) is 57.5 Å². The van der Waals surface area contributed by atoms with Gasteiger partial charge in [0, 0.05) is 77.9 Å². The van der Waals surface area contributed by atoms with E-state index in [1.807, 2.05) is 182 Å². The molecule has 0 radical (unpaired) electrons. The van der Waals surface area contributed by atoms with Crippen LogP contribution in [0.15, 0.2) is 182 Å². The van der Waals surface area contributed by atoms with Crippen LogP contribution in [0.25, 0.3) is 33.4 Å². The van der Waals surface area contributed by atoms with Crippen LogP contribution in [0.1, 0.15) is 71.6 Å². The van der Waals surface area contributed by atoms with Crippen molar-refractivity contribution in [3.8, 4) is 80.7 Å². The molecule has 11 rings (SSSR count). The van der Waals surface area contributed by atoms with Crippen LogP contribution in [0.4, 0.5) is 0 Å². The van der Waals surface area contributed by atoms with Gasteiger partial charge in [0.05, 0.1) is 0 Å². The monoisotopic (exact) mass is 788 g/mol. The van der Waals surface area contributed by atoms with Crippen molar-refractivity contribution >= 4 is 5.78 Å². The van der Waals surface area contributed by atoms with E-state index in [4.69, 9.17) is 0 Å². The maximum Gasteiger partial charge on any atom is 0.194 e. The molecule has 0 bridgehead atoms. The molecule has 0 aliphatic heterocycles. The Hall–Kier alpha value is -8.41. The summed E-state index contributed by atoms with van der Waals surface area (Å²) in [6, 6.07) is 57.5. The average molecular weight is 789 g/mol. The maximum absolute atomic E-state index is 14.9. The number of rotatable bonds is 0. The van der Waals surface area contributed by atoms with Gasteiger partial charge in [-0.3, -0.25) is 4.79 Å². The molecule has 3 aliphatic rings. The second-order valence-electron chi connectivity index (χ2n) is 15.5. The standard InChI is InChI=1S/C59H32O3/c60-57-46-26-12-11-25-45(46)51-54(57)52-47-27-13-15-29-49(47)58(61,37-35-43-23-9-7-21-41(43)33-31-39-17-3-1-4-18-39)56(52)53-48-28-14-16-30-50(48)59(62,55(51)53)38-36-44-24-10-8-22-42(44)34-32-40-19-5-2-6-20-40/h1-30,61-62H. The molecule has 0 saturated heterocycles. The van der Waals surface area contributed by atoms with E-state index >= 15 is 0 Å². The van der Waals surface area contributed by atoms with Gasteiger partial charge >= 0.3 is 0 Å². The second kappa shape index (κ2) is 14.4. The molecule has 0 fully saturated rings. The van der Waals surface area contributed by atoms with Gasteiger partial charge in [0.25, 0.3) is 0 Å². The van der Waals surface area contributed by atoms with E-state index in [1.165, 1.54) is 0 Å². The fourth-order valence-electron chi connectivity index (χ4n) is 9.14. The van der Waals surface area contributed by atoms with Gasteiger partial charge < -0.3 is 10.2 Å². The lowest BCUT2D eigenvalue weighted by Crippen LogP contribution is -2.26. The molecule has 0 amide bonds. The quantitative estimate of drug-likeness (QED) is 0.151. The first-order valence-electron chi connectivity index (χ1n) is 20.4. The molecule has 0 heterocycles. The number of fused-ring (bicyclic) bond motifs is 12. The van der Waals surface area contributed by atoms with Gasteiger partial charge in [0.1, 0.15) is 0 Å². The zero-order valence-electron chi connectivity index (χ0n) is 33.1. The minimum Gasteiger partial charge on any atom is -0.369 e. The fraction of sp³-hybridized carbons (Fsp3) is 0.0339. The molecule has 8 aromatic carbocycles. The Labute approximate surface area is 360 Å². The van der Waals surface area contributed by atoms with Gasteiger partial charge in [-0.05, 0) is 70.8 Å². The SMILES string of the molecule is O=C1c2ccccc2-c2c1c1c(c3c2C(O)(C#Cc2ccccc2C#Cc2ccccc2)c2ccccc2-3)C(O)(C#Cc2ccccc2C#Cc2ccccc2)c2ccccc2-1. The zero-order valence-corrected chi connectivity index (χ0v) is 33.1. The Kier molecular flexibility index (Phi) is 8.51. The molecule has 2 N–H and O–H groups in total. The van der Waals surface area contributed by atoms with Crippen molar-refractivity contribution in [1.82, 2.24) is 0 Å². The molecule has 0 spiro atoms. The van der Waals surface area contributed by atoms with Gasteiger partial charge in [-0.25, -0.2) is 0 Å². The molecular weight excluding hydrogens is 757 g/mol. The largest absolute Gasteiger partial charge is 0.369 e. The highest BCUT2D eigenvalue weighted by atomic mass is 16.3. The van der Waals surface area contributed by atoms with E-state index < -0.39 is 11.2 Å². The van der Waals surface area contributed by atoms with Gasteiger partial charge in [-0.1, -0.05) is 181 Å². The third kappa shape index (κ3) is 5.67. The first-order valence-corrected chi connectivity index (χ1v) is 20.4. The van der Waals surface area contributed by atoms with Gasteiger partial charge in [-0.2, -0.15) is 0 Å². The van der Waals surface area contributed by atoms with E-state index in [-0.39, 0.29) is 5.78 Å². The van der Waals surface area contributed by atoms with E-state index in [0.717, 1.165) is 11.1 Å². The van der Waals surface area contributed by atoms with Crippen molar-refractivity contribution in [1.29, 1.82) is 0 Å². The molecule has 286 valence electrons. The van der Waals surface area contributed by atoms with E-state index in [1.54, 1.807) is 0 Å². The molecule has 0 saturated carbocycles. The van der Waals surface area contributed by atoms with Crippen molar-refractivity contribution in [2.45, 2.75) is 11.2 Å². The van der Waals surface area contributed by atoms with Crippen LogP contribution < -0.4 is 0 Å². The first kappa shape index (κ1) is 36.7. The molecule has 2 atom stereocenters. The summed E-state index contributed by atoms with van der Waals surface area (Å²) >= 11 is 0. The predicted molar refractivity (Wildman–Crippen MR) is 244 cm³/mol. The lowest BCUT2D eigenvalue weighted by atomic mass is 9.79. The Bertz CT molecular complexity index is 3330. The third-order valence-corrected chi connectivity index (χ3v) is 11.9. The number of benzene rings is 8. The molecule has 3 nitrogen and oxygen atoms in total. The number of carbonyl (C=O) groups is 1. The first-order chi connectivity index (χ1) is 30.4. The number of carbonyl (C=O) groups excluding carboxylic acids is 1. The average Bonchev–Trinajstić information content (AvgIpc) is 3.87. The minimum atomic E-state index is -1.91. The van der Waals surface area contributed by atoms with Crippen molar-refractivity contribution < 1.29 is 15.0 Å². The molecule has 0 aromatic heterocycles. The molecule has 62 heavy (non-hydrogen) atoms. The van der Waals surface area contributed by atoms with E-state index in [9.17, 15) is 15.0 Å². The second-order valence-corrected chi connectivity index (χ2v) is 15.5. The number of aliphatic hydroxyl groups is 2. The highest BCUT2D eigenvalue weighted by molar-refractivity contribution is 6.27. The molecule has 8 aromatic rings. The van der Waals surface area contributed by atoms with Crippen LogP contribution in [0, 0.1) is 47.4 Å². The van der Waals surface area contributed by atoms with Gasteiger partial charge in [-0.15, -0.1) is 0 Å². The smallest absolute Gasteiger partial charge is 0.194 e.